The molecule has 0 bridgehead atoms. The van der Waals surface area contributed by atoms with Gasteiger partial charge in [-0.25, -0.2) is 0 Å². The number of hydrogen-bond donors (Lipinski definition) is 1. The number of imide groups is 1. The van der Waals surface area contributed by atoms with Gasteiger partial charge in [-0.1, -0.05) is 65.7 Å². The van der Waals surface area contributed by atoms with E-state index in [2.05, 4.69) is 5.32 Å². The molecule has 0 spiro atoms. The highest BCUT2D eigenvalue weighted by Gasteiger charge is 2.37. The second-order valence-electron chi connectivity index (χ2n) is 5.67. The van der Waals surface area contributed by atoms with Crippen LogP contribution in [-0.2, 0) is 22.6 Å². The molecule has 4 nitrogen and oxygen atoms in total. The van der Waals surface area contributed by atoms with Crippen LogP contribution in [0.3, 0.4) is 0 Å². The molecule has 0 aromatic heterocycles. The summed E-state index contributed by atoms with van der Waals surface area (Å²) in [5.41, 5.74) is 2.11. The maximum atomic E-state index is 12.5. The first-order valence-electron chi connectivity index (χ1n) is 7.84. The molecular weight excluding hydrogens is 359 g/mol. The van der Waals surface area contributed by atoms with Gasteiger partial charge in [0, 0.05) is 11.6 Å². The zero-order chi connectivity index (χ0) is 17.8. The molecule has 0 radical (unpaired) electrons. The van der Waals surface area contributed by atoms with Gasteiger partial charge in [-0.15, -0.1) is 0 Å². The molecule has 0 saturated carbocycles. The molecule has 0 saturated heterocycles. The van der Waals surface area contributed by atoms with E-state index in [9.17, 15) is 9.59 Å². The summed E-state index contributed by atoms with van der Waals surface area (Å²) < 4.78 is 0. The van der Waals surface area contributed by atoms with Crippen molar-refractivity contribution in [1.29, 1.82) is 0 Å². The summed E-state index contributed by atoms with van der Waals surface area (Å²) in [6.45, 7) is 0.679. The van der Waals surface area contributed by atoms with Crippen molar-refractivity contribution in [3.63, 3.8) is 0 Å². The van der Waals surface area contributed by atoms with E-state index in [1.54, 1.807) is 24.3 Å². The van der Waals surface area contributed by atoms with E-state index in [4.69, 9.17) is 23.2 Å². The molecular formula is C19H16Cl2N2O2. The van der Waals surface area contributed by atoms with E-state index < -0.39 is 11.8 Å². The average Bonchev–Trinajstić information content (AvgIpc) is 2.82. The van der Waals surface area contributed by atoms with E-state index >= 15 is 0 Å². The predicted octanol–water partition coefficient (Wildman–Crippen LogP) is 3.49. The first kappa shape index (κ1) is 17.5. The highest BCUT2D eigenvalue weighted by Crippen LogP contribution is 2.24. The lowest BCUT2D eigenvalue weighted by atomic mass is 10.1. The van der Waals surface area contributed by atoms with Gasteiger partial charge in [-0.05, 0) is 29.7 Å². The zero-order valence-electron chi connectivity index (χ0n) is 13.3. The van der Waals surface area contributed by atoms with Crippen LogP contribution in [0.2, 0.25) is 5.02 Å². The van der Waals surface area contributed by atoms with Crippen molar-refractivity contribution >= 4 is 35.0 Å². The predicted molar refractivity (Wildman–Crippen MR) is 98.0 cm³/mol. The Morgan fingerprint density at radius 2 is 1.52 bits per heavy atom. The number of rotatable bonds is 6. The van der Waals surface area contributed by atoms with Crippen LogP contribution in [0.25, 0.3) is 0 Å². The highest BCUT2D eigenvalue weighted by molar-refractivity contribution is 6.47. The molecule has 1 aliphatic rings. The third-order valence-electron chi connectivity index (χ3n) is 3.92. The first-order valence-corrected chi connectivity index (χ1v) is 8.60. The second kappa shape index (κ2) is 7.72. The highest BCUT2D eigenvalue weighted by atomic mass is 35.5. The minimum atomic E-state index is -0.483. The van der Waals surface area contributed by atoms with Crippen molar-refractivity contribution < 1.29 is 9.59 Å². The second-order valence-corrected chi connectivity index (χ2v) is 6.49. The fourth-order valence-corrected chi connectivity index (χ4v) is 2.97. The fourth-order valence-electron chi connectivity index (χ4n) is 2.59. The Labute approximate surface area is 156 Å². The molecule has 1 heterocycles. The van der Waals surface area contributed by atoms with Crippen LogP contribution in [0.1, 0.15) is 11.1 Å². The van der Waals surface area contributed by atoms with E-state index in [-0.39, 0.29) is 17.3 Å². The van der Waals surface area contributed by atoms with Crippen LogP contribution in [0.4, 0.5) is 0 Å². The van der Waals surface area contributed by atoms with Gasteiger partial charge in [-0.3, -0.25) is 14.5 Å². The summed E-state index contributed by atoms with van der Waals surface area (Å²) in [6, 6.07) is 16.9. The van der Waals surface area contributed by atoms with Crippen molar-refractivity contribution in [3.05, 3.63) is 81.5 Å². The summed E-state index contributed by atoms with van der Waals surface area (Å²) in [7, 11) is 0. The Morgan fingerprint density at radius 1 is 0.840 bits per heavy atom. The van der Waals surface area contributed by atoms with Gasteiger partial charge in [0.25, 0.3) is 11.8 Å². The molecule has 0 unspecified atom stereocenters. The number of nitrogens with one attached hydrogen (secondary N) is 1. The summed E-state index contributed by atoms with van der Waals surface area (Å²) >= 11 is 11.9. The maximum Gasteiger partial charge on any atom is 0.278 e. The monoisotopic (exact) mass is 374 g/mol. The maximum absolute atomic E-state index is 12.5. The van der Waals surface area contributed by atoms with Gasteiger partial charge in [0.05, 0.1) is 6.54 Å². The molecule has 6 heteroatoms. The number of benzene rings is 2. The van der Waals surface area contributed by atoms with Gasteiger partial charge in [0.1, 0.15) is 10.7 Å². The molecule has 2 aromatic rings. The van der Waals surface area contributed by atoms with Crippen LogP contribution in [-0.4, -0.2) is 23.3 Å². The summed E-state index contributed by atoms with van der Waals surface area (Å²) in [6.07, 6.45) is 0.729. The molecule has 3 rings (SSSR count). The number of nitrogens with zero attached hydrogens (tertiary/aromatic N) is 1. The summed E-state index contributed by atoms with van der Waals surface area (Å²) in [5, 5.41) is 3.54. The third-order valence-corrected chi connectivity index (χ3v) is 4.53. The van der Waals surface area contributed by atoms with Crippen molar-refractivity contribution in [1.82, 2.24) is 10.2 Å². The molecule has 128 valence electrons. The summed E-state index contributed by atoms with van der Waals surface area (Å²) in [5.74, 6) is -0.887. The Morgan fingerprint density at radius 3 is 2.20 bits per heavy atom. The lowest BCUT2D eigenvalue weighted by Gasteiger charge is -2.15. The Kier molecular flexibility index (Phi) is 5.41. The standard InChI is InChI=1S/C19H16Cl2N2O2/c20-15-8-6-14(7-9-15)12-23-18(24)16(21)17(19(23)25)22-11-10-13-4-2-1-3-5-13/h1-9,22H,10-12H2. The van der Waals surface area contributed by atoms with Crippen LogP contribution >= 0.6 is 23.2 Å². The molecule has 1 aliphatic heterocycles. The van der Waals surface area contributed by atoms with E-state index in [1.165, 1.54) is 0 Å². The number of carbonyl (C=O) groups excluding carboxylic acids is 2. The molecule has 25 heavy (non-hydrogen) atoms. The van der Waals surface area contributed by atoms with Gasteiger partial charge in [-0.2, -0.15) is 0 Å². The van der Waals surface area contributed by atoms with Crippen molar-refractivity contribution in [2.75, 3.05) is 6.54 Å². The Hall–Kier alpha value is -2.30. The zero-order valence-corrected chi connectivity index (χ0v) is 14.8. The molecule has 2 amide bonds. The van der Waals surface area contributed by atoms with Gasteiger partial charge < -0.3 is 5.32 Å². The van der Waals surface area contributed by atoms with E-state index in [0.717, 1.165) is 22.4 Å². The largest absolute Gasteiger partial charge is 0.379 e. The SMILES string of the molecule is O=C1C(Cl)=C(NCCc2ccccc2)C(=O)N1Cc1ccc(Cl)cc1. The third kappa shape index (κ3) is 4.03. The topological polar surface area (TPSA) is 49.4 Å². The van der Waals surface area contributed by atoms with E-state index in [0.29, 0.717) is 11.6 Å². The van der Waals surface area contributed by atoms with Crippen molar-refractivity contribution in [3.8, 4) is 0 Å². The minimum Gasteiger partial charge on any atom is -0.379 e. The van der Waals surface area contributed by atoms with Crippen molar-refractivity contribution in [2.24, 2.45) is 0 Å². The van der Waals surface area contributed by atoms with E-state index in [1.807, 2.05) is 30.3 Å². The Balaban J connectivity index is 1.63. The minimum absolute atomic E-state index is 0.0629. The lowest BCUT2D eigenvalue weighted by Crippen LogP contribution is -2.33. The fraction of sp³-hybridized carbons (Fsp3) is 0.158. The van der Waals surface area contributed by atoms with Gasteiger partial charge >= 0.3 is 0 Å². The molecule has 0 aliphatic carbocycles. The Bertz CT molecular complexity index is 817. The van der Waals surface area contributed by atoms with Gasteiger partial charge in [0.15, 0.2) is 0 Å². The van der Waals surface area contributed by atoms with Crippen LogP contribution < -0.4 is 5.32 Å². The van der Waals surface area contributed by atoms with Crippen LogP contribution in [0.5, 0.6) is 0 Å². The van der Waals surface area contributed by atoms with Gasteiger partial charge in [0.2, 0.25) is 0 Å². The quantitative estimate of drug-likeness (QED) is 0.787. The number of hydrogen-bond acceptors (Lipinski definition) is 3. The van der Waals surface area contributed by atoms with Crippen LogP contribution in [0.15, 0.2) is 65.3 Å². The number of carbonyl (C=O) groups is 2. The molecule has 2 aromatic carbocycles. The average molecular weight is 375 g/mol. The molecule has 1 N–H and O–H groups in total. The summed E-state index contributed by atoms with van der Waals surface area (Å²) in [4.78, 5) is 25.9. The van der Waals surface area contributed by atoms with Crippen molar-refractivity contribution in [2.45, 2.75) is 13.0 Å². The first-order chi connectivity index (χ1) is 12.1. The lowest BCUT2D eigenvalue weighted by molar-refractivity contribution is -0.138. The number of amides is 2. The molecule has 0 fully saturated rings. The molecule has 0 atom stereocenters. The smallest absolute Gasteiger partial charge is 0.278 e. The van der Waals surface area contributed by atoms with Crippen LogP contribution in [0, 0.1) is 0 Å². The number of halogens is 2. The normalized spacial score (nSPS) is 14.4.